The summed E-state index contributed by atoms with van der Waals surface area (Å²) in [5.41, 5.74) is 3.13. The van der Waals surface area contributed by atoms with Crippen molar-refractivity contribution < 1.29 is 17.6 Å². The van der Waals surface area contributed by atoms with Crippen molar-refractivity contribution in [3.05, 3.63) is 34.4 Å². The van der Waals surface area contributed by atoms with Crippen molar-refractivity contribution in [3.63, 3.8) is 0 Å². The zero-order chi connectivity index (χ0) is 11.4. The van der Waals surface area contributed by atoms with Crippen LogP contribution in [0.25, 0.3) is 0 Å². The molecule has 1 fully saturated rings. The van der Waals surface area contributed by atoms with Gasteiger partial charge in [-0.1, -0.05) is 11.6 Å². The quantitative estimate of drug-likeness (QED) is 0.592. The zero-order valence-corrected chi connectivity index (χ0v) is 8.08. The number of hydrogen-bond donors (Lipinski definition) is 1. The molecule has 0 heterocycles. The van der Waals surface area contributed by atoms with Crippen LogP contribution in [0, 0.1) is 11.6 Å². The van der Waals surface area contributed by atoms with E-state index < -0.39 is 29.5 Å². The maximum absolute atomic E-state index is 12.9. The molecule has 2 N–H and O–H groups in total. The van der Waals surface area contributed by atoms with Crippen molar-refractivity contribution in [3.8, 4) is 0 Å². The topological polar surface area (TPSA) is 26.0 Å². The van der Waals surface area contributed by atoms with Gasteiger partial charge in [-0.15, -0.1) is 0 Å². The first-order valence-electron chi connectivity index (χ1n) is 4.10. The lowest BCUT2D eigenvalue weighted by molar-refractivity contribution is 0.0890. The maximum atomic E-state index is 12.9. The molecule has 2 rings (SSSR count). The number of nitrogens with two attached hydrogens (primary N) is 1. The van der Waals surface area contributed by atoms with Crippen LogP contribution in [0.2, 0.25) is 5.02 Å². The van der Waals surface area contributed by atoms with E-state index in [1.165, 1.54) is 0 Å². The Labute approximate surface area is 87.8 Å². The van der Waals surface area contributed by atoms with Crippen LogP contribution in [-0.4, -0.2) is 5.92 Å². The van der Waals surface area contributed by atoms with Crippen molar-refractivity contribution >= 4 is 11.6 Å². The van der Waals surface area contributed by atoms with E-state index in [2.05, 4.69) is 0 Å². The predicted molar refractivity (Wildman–Crippen MR) is 46.8 cm³/mol. The minimum atomic E-state index is -3.11. The maximum Gasteiger partial charge on any atom is 0.272 e. The first kappa shape index (κ1) is 10.7. The van der Waals surface area contributed by atoms with E-state index in [1.807, 2.05) is 0 Å². The molecule has 0 saturated heterocycles. The van der Waals surface area contributed by atoms with E-state index in [4.69, 9.17) is 17.3 Å². The third-order valence-electron chi connectivity index (χ3n) is 2.52. The van der Waals surface area contributed by atoms with Crippen LogP contribution < -0.4 is 5.73 Å². The highest BCUT2D eigenvalue weighted by molar-refractivity contribution is 6.31. The second-order valence-corrected chi connectivity index (χ2v) is 4.01. The summed E-state index contributed by atoms with van der Waals surface area (Å²) < 4.78 is 51.3. The number of alkyl halides is 2. The molecule has 1 nitrogen and oxygen atoms in total. The third kappa shape index (κ3) is 1.41. The molecule has 6 heteroatoms. The van der Waals surface area contributed by atoms with Crippen LogP contribution in [0.15, 0.2) is 12.1 Å². The average molecular weight is 240 g/mol. The number of rotatable bonds is 1. The molecule has 1 unspecified atom stereocenters. The summed E-state index contributed by atoms with van der Waals surface area (Å²) in [7, 11) is 0. The van der Waals surface area contributed by atoms with Crippen molar-refractivity contribution in [1.29, 1.82) is 0 Å². The fourth-order valence-corrected chi connectivity index (χ4v) is 1.78. The van der Waals surface area contributed by atoms with E-state index in [0.717, 1.165) is 0 Å². The van der Waals surface area contributed by atoms with Crippen LogP contribution in [0.3, 0.4) is 0 Å². The molecule has 1 aromatic carbocycles. The minimum Gasteiger partial charge on any atom is -0.316 e. The van der Waals surface area contributed by atoms with Crippen molar-refractivity contribution in [2.24, 2.45) is 5.73 Å². The lowest BCUT2D eigenvalue weighted by Crippen LogP contribution is -2.27. The van der Waals surface area contributed by atoms with Gasteiger partial charge in [0.15, 0.2) is 11.6 Å². The Kier molecular flexibility index (Phi) is 2.04. The predicted octanol–water partition coefficient (Wildman–Crippen LogP) is 2.81. The van der Waals surface area contributed by atoms with Crippen LogP contribution in [0.1, 0.15) is 12.0 Å². The highest BCUT2D eigenvalue weighted by Gasteiger charge is 2.70. The summed E-state index contributed by atoms with van der Waals surface area (Å²) in [6, 6.07) is 1.27. The van der Waals surface area contributed by atoms with Crippen molar-refractivity contribution in [1.82, 2.24) is 0 Å². The number of hydrogen-bond acceptors (Lipinski definition) is 1. The summed E-state index contributed by atoms with van der Waals surface area (Å²) in [5.74, 6) is -5.53. The van der Waals surface area contributed by atoms with Gasteiger partial charge in [0.2, 0.25) is 0 Å². The highest BCUT2D eigenvalue weighted by atomic mass is 35.5. The fourth-order valence-electron chi connectivity index (χ4n) is 1.46. The van der Waals surface area contributed by atoms with Gasteiger partial charge in [-0.2, -0.15) is 0 Å². The third-order valence-corrected chi connectivity index (χ3v) is 2.83. The summed E-state index contributed by atoms with van der Waals surface area (Å²) in [6.45, 7) is 0. The molecule has 1 aliphatic rings. The summed E-state index contributed by atoms with van der Waals surface area (Å²) in [5, 5.41) is -0.284. The monoisotopic (exact) mass is 239 g/mol. The molecule has 0 aliphatic heterocycles. The molecular weight excluding hydrogens is 234 g/mol. The van der Waals surface area contributed by atoms with Gasteiger partial charge in [0.25, 0.3) is 5.92 Å². The Bertz CT molecular complexity index is 434. The summed E-state index contributed by atoms with van der Waals surface area (Å²) in [6.07, 6.45) is -0.606. The van der Waals surface area contributed by atoms with Gasteiger partial charge in [-0.05, 0) is 17.7 Å². The Morgan fingerprint density at radius 1 is 1.20 bits per heavy atom. The van der Waals surface area contributed by atoms with E-state index in [-0.39, 0.29) is 10.6 Å². The second-order valence-electron chi connectivity index (χ2n) is 3.60. The Balaban J connectivity index is 2.52. The van der Waals surface area contributed by atoms with Gasteiger partial charge in [0, 0.05) is 11.4 Å². The molecule has 1 aliphatic carbocycles. The van der Waals surface area contributed by atoms with E-state index in [9.17, 15) is 17.6 Å². The van der Waals surface area contributed by atoms with E-state index in [0.29, 0.717) is 12.1 Å². The first-order chi connectivity index (χ1) is 6.78. The molecule has 15 heavy (non-hydrogen) atoms. The van der Waals surface area contributed by atoms with Crippen molar-refractivity contribution in [2.45, 2.75) is 17.9 Å². The van der Waals surface area contributed by atoms with Crippen LogP contribution in [0.4, 0.5) is 17.6 Å². The van der Waals surface area contributed by atoms with Crippen LogP contribution in [-0.2, 0) is 5.54 Å². The Morgan fingerprint density at radius 2 is 1.67 bits per heavy atom. The van der Waals surface area contributed by atoms with Crippen LogP contribution in [0.5, 0.6) is 0 Å². The standard InChI is InChI=1S/C9H6ClF4N/c10-5-2-7(12)6(11)1-4(5)8(15)3-9(8,13)14/h1-2H,3,15H2. The van der Waals surface area contributed by atoms with Gasteiger partial charge >= 0.3 is 0 Å². The largest absolute Gasteiger partial charge is 0.316 e. The molecular formula is C9H6ClF4N. The molecule has 0 aromatic heterocycles. The van der Waals surface area contributed by atoms with E-state index in [1.54, 1.807) is 0 Å². The molecule has 0 radical (unpaired) electrons. The minimum absolute atomic E-state index is 0.256. The summed E-state index contributed by atoms with van der Waals surface area (Å²) >= 11 is 5.53. The average Bonchev–Trinajstić information content (AvgIpc) is 2.60. The summed E-state index contributed by atoms with van der Waals surface area (Å²) in [4.78, 5) is 0. The SMILES string of the molecule is NC1(c2cc(F)c(F)cc2Cl)CC1(F)F. The normalized spacial score (nSPS) is 27.9. The molecule has 1 saturated carbocycles. The molecule has 0 amide bonds. The molecule has 1 aromatic rings. The van der Waals surface area contributed by atoms with Gasteiger partial charge in [0.05, 0.1) is 0 Å². The van der Waals surface area contributed by atoms with Gasteiger partial charge in [-0.25, -0.2) is 17.6 Å². The second kappa shape index (κ2) is 2.86. The fraction of sp³-hybridized carbons (Fsp3) is 0.333. The first-order valence-corrected chi connectivity index (χ1v) is 4.47. The highest BCUT2D eigenvalue weighted by Crippen LogP contribution is 2.58. The number of benzene rings is 1. The van der Waals surface area contributed by atoms with Gasteiger partial charge in [0.1, 0.15) is 5.54 Å². The lowest BCUT2D eigenvalue weighted by atomic mass is 10.1. The molecule has 82 valence electrons. The molecule has 1 atom stereocenters. The Morgan fingerprint density at radius 3 is 2.13 bits per heavy atom. The molecule has 0 spiro atoms. The van der Waals surface area contributed by atoms with Gasteiger partial charge < -0.3 is 5.73 Å². The Hall–Kier alpha value is -0.810. The van der Waals surface area contributed by atoms with Crippen molar-refractivity contribution in [2.75, 3.05) is 0 Å². The van der Waals surface area contributed by atoms with Crippen LogP contribution >= 0.6 is 11.6 Å². The zero-order valence-electron chi connectivity index (χ0n) is 7.33. The number of halogens is 5. The molecule has 0 bridgehead atoms. The lowest BCUT2D eigenvalue weighted by Gasteiger charge is -2.12. The van der Waals surface area contributed by atoms with Gasteiger partial charge in [-0.3, -0.25) is 0 Å². The smallest absolute Gasteiger partial charge is 0.272 e. The van der Waals surface area contributed by atoms with E-state index >= 15 is 0 Å².